The number of rotatable bonds is 4. The molecule has 4 nitrogen and oxygen atoms in total. The van der Waals surface area contributed by atoms with Crippen LogP contribution in [-0.4, -0.2) is 22.5 Å². The number of carbonyl (C=O) groups is 1. The predicted molar refractivity (Wildman–Crippen MR) is 89.4 cm³/mol. The molecule has 3 aromatic heterocycles. The summed E-state index contributed by atoms with van der Waals surface area (Å²) in [7, 11) is 0. The number of pyridine rings is 1. The highest BCUT2D eigenvalue weighted by Crippen LogP contribution is 2.37. The fourth-order valence-electron chi connectivity index (χ4n) is 2.01. The summed E-state index contributed by atoms with van der Waals surface area (Å²) >= 11 is 3.04. The Bertz CT molecular complexity index is 794. The van der Waals surface area contributed by atoms with Crippen LogP contribution in [0.3, 0.4) is 0 Å². The van der Waals surface area contributed by atoms with Gasteiger partial charge in [0.15, 0.2) is 0 Å². The van der Waals surface area contributed by atoms with Crippen LogP contribution in [0.25, 0.3) is 20.3 Å². The number of thiophene rings is 1. The maximum Gasteiger partial charge on any atom is 0.350 e. The van der Waals surface area contributed by atoms with E-state index in [0.29, 0.717) is 11.5 Å². The van der Waals surface area contributed by atoms with E-state index in [1.54, 1.807) is 30.7 Å². The van der Waals surface area contributed by atoms with Crippen molar-refractivity contribution in [2.75, 3.05) is 6.61 Å². The Morgan fingerprint density at radius 2 is 1.86 bits per heavy atom. The van der Waals surface area contributed by atoms with Crippen molar-refractivity contribution in [2.45, 2.75) is 13.8 Å². The molecule has 0 amide bonds. The smallest absolute Gasteiger partial charge is 0.350 e. The number of hydrogen-bond donors (Lipinski definition) is 0. The zero-order chi connectivity index (χ0) is 15.5. The van der Waals surface area contributed by atoms with Gasteiger partial charge in [-0.1, -0.05) is 0 Å². The molecule has 6 heteroatoms. The average Bonchev–Trinajstić information content (AvgIpc) is 3.15. The molecule has 0 unspecified atom stereocenters. The molecule has 3 aromatic rings. The summed E-state index contributed by atoms with van der Waals surface area (Å²) in [5.41, 5.74) is 1.85. The predicted octanol–water partition coefficient (Wildman–Crippen LogP) is 4.42. The van der Waals surface area contributed by atoms with Crippen LogP contribution in [0.2, 0.25) is 0 Å². The van der Waals surface area contributed by atoms with Crippen LogP contribution >= 0.6 is 22.7 Å². The van der Waals surface area contributed by atoms with E-state index >= 15 is 0 Å². The van der Waals surface area contributed by atoms with Crippen LogP contribution < -0.4 is 0 Å². The second-order valence-corrected chi connectivity index (χ2v) is 6.64. The molecule has 0 atom stereocenters. The highest BCUT2D eigenvalue weighted by Gasteiger charge is 2.18. The number of carbonyl (C=O) groups excluding carboxylic acids is 1. The zero-order valence-electron chi connectivity index (χ0n) is 12.2. The zero-order valence-corrected chi connectivity index (χ0v) is 13.8. The molecule has 0 saturated heterocycles. The minimum absolute atomic E-state index is 0.297. The minimum Gasteiger partial charge on any atom is -0.462 e. The van der Waals surface area contributed by atoms with E-state index in [1.807, 2.05) is 25.1 Å². The van der Waals surface area contributed by atoms with E-state index in [1.165, 1.54) is 11.3 Å². The monoisotopic (exact) mass is 330 g/mol. The molecular weight excluding hydrogens is 316 g/mol. The van der Waals surface area contributed by atoms with Gasteiger partial charge in [-0.25, -0.2) is 9.78 Å². The first-order valence-electron chi connectivity index (χ1n) is 6.84. The molecule has 0 N–H and O–H groups in total. The summed E-state index contributed by atoms with van der Waals surface area (Å²) < 4.78 is 5.06. The van der Waals surface area contributed by atoms with Gasteiger partial charge in [0, 0.05) is 17.3 Å². The van der Waals surface area contributed by atoms with Gasteiger partial charge in [0.25, 0.3) is 0 Å². The van der Waals surface area contributed by atoms with E-state index in [-0.39, 0.29) is 5.97 Å². The number of nitrogens with zero attached hydrogens (tertiary/aromatic N) is 2. The lowest BCUT2D eigenvalue weighted by Crippen LogP contribution is -2.03. The maximum absolute atomic E-state index is 11.9. The van der Waals surface area contributed by atoms with Crippen molar-refractivity contribution in [1.29, 1.82) is 0 Å². The lowest BCUT2D eigenvalue weighted by atomic mass is 10.2. The van der Waals surface area contributed by atoms with Gasteiger partial charge in [0.05, 0.1) is 17.2 Å². The van der Waals surface area contributed by atoms with Crippen LogP contribution in [0, 0.1) is 6.92 Å². The lowest BCUT2D eigenvalue weighted by molar-refractivity contribution is 0.0531. The number of aryl methyl sites for hydroxylation is 1. The Labute approximate surface area is 136 Å². The quantitative estimate of drug-likeness (QED) is 0.665. The van der Waals surface area contributed by atoms with E-state index in [4.69, 9.17) is 4.74 Å². The Morgan fingerprint density at radius 3 is 2.59 bits per heavy atom. The number of hydrogen-bond acceptors (Lipinski definition) is 6. The first-order valence-corrected chi connectivity index (χ1v) is 8.47. The minimum atomic E-state index is -0.297. The van der Waals surface area contributed by atoms with Gasteiger partial charge in [0.2, 0.25) is 0 Å². The van der Waals surface area contributed by atoms with E-state index < -0.39 is 0 Å². The normalized spacial score (nSPS) is 10.6. The van der Waals surface area contributed by atoms with Gasteiger partial charge in [-0.05, 0) is 43.7 Å². The van der Waals surface area contributed by atoms with Gasteiger partial charge in [-0.15, -0.1) is 22.7 Å². The Morgan fingerprint density at radius 1 is 1.14 bits per heavy atom. The molecule has 0 radical (unpaired) electrons. The van der Waals surface area contributed by atoms with Gasteiger partial charge in [-0.3, -0.25) is 4.98 Å². The molecule has 0 saturated carbocycles. The number of thiazole rings is 1. The summed E-state index contributed by atoms with van der Waals surface area (Å²) in [6.07, 6.45) is 3.56. The van der Waals surface area contributed by atoms with Crippen LogP contribution in [-0.2, 0) is 4.74 Å². The molecule has 0 fully saturated rings. The Kier molecular flexibility index (Phi) is 4.31. The highest BCUT2D eigenvalue weighted by molar-refractivity contribution is 7.24. The molecule has 0 aliphatic rings. The van der Waals surface area contributed by atoms with Crippen molar-refractivity contribution < 1.29 is 9.53 Å². The Hall–Kier alpha value is -2.05. The van der Waals surface area contributed by atoms with E-state index in [0.717, 1.165) is 26.0 Å². The third-order valence-corrected chi connectivity index (χ3v) is 5.48. The molecule has 3 rings (SSSR count). The third-order valence-electron chi connectivity index (χ3n) is 3.04. The molecule has 22 heavy (non-hydrogen) atoms. The van der Waals surface area contributed by atoms with Crippen LogP contribution in [0.15, 0.2) is 36.7 Å². The first-order chi connectivity index (χ1) is 10.7. The van der Waals surface area contributed by atoms with Gasteiger partial charge in [0.1, 0.15) is 9.88 Å². The topological polar surface area (TPSA) is 52.1 Å². The molecule has 0 aliphatic heterocycles. The van der Waals surface area contributed by atoms with Crippen molar-refractivity contribution in [2.24, 2.45) is 0 Å². The van der Waals surface area contributed by atoms with E-state index in [2.05, 4.69) is 16.0 Å². The first kappa shape index (κ1) is 14.9. The molecule has 112 valence electrons. The molecular formula is C16H14N2O2S2. The second kappa shape index (κ2) is 6.37. The summed E-state index contributed by atoms with van der Waals surface area (Å²) in [5.74, 6) is -0.297. The molecule has 3 heterocycles. The van der Waals surface area contributed by atoms with Crippen molar-refractivity contribution in [3.63, 3.8) is 0 Å². The van der Waals surface area contributed by atoms with Crippen LogP contribution in [0.4, 0.5) is 0 Å². The van der Waals surface area contributed by atoms with Crippen molar-refractivity contribution in [3.8, 4) is 20.3 Å². The van der Waals surface area contributed by atoms with Crippen LogP contribution in [0.1, 0.15) is 22.3 Å². The van der Waals surface area contributed by atoms with Gasteiger partial charge >= 0.3 is 5.97 Å². The summed E-state index contributed by atoms with van der Waals surface area (Å²) in [5, 5.41) is 0.853. The summed E-state index contributed by atoms with van der Waals surface area (Å²) in [6, 6.07) is 8.06. The number of ether oxygens (including phenoxy) is 1. The van der Waals surface area contributed by atoms with Gasteiger partial charge in [-0.2, -0.15) is 0 Å². The summed E-state index contributed by atoms with van der Waals surface area (Å²) in [6.45, 7) is 4.01. The maximum atomic E-state index is 11.9. The average molecular weight is 330 g/mol. The highest BCUT2D eigenvalue weighted by atomic mass is 32.1. The van der Waals surface area contributed by atoms with Crippen molar-refractivity contribution >= 4 is 28.6 Å². The molecule has 0 aliphatic carbocycles. The van der Waals surface area contributed by atoms with Crippen LogP contribution in [0.5, 0.6) is 0 Å². The van der Waals surface area contributed by atoms with E-state index in [9.17, 15) is 4.79 Å². The fourth-order valence-corrected chi connectivity index (χ4v) is 4.04. The SMILES string of the molecule is CCOC(=O)c1sc(-c2ccc(-c3ccncc3)s2)nc1C. The Balaban J connectivity index is 1.91. The second-order valence-electron chi connectivity index (χ2n) is 4.55. The number of esters is 1. The molecule has 0 spiro atoms. The fraction of sp³-hybridized carbons (Fsp3) is 0.188. The largest absolute Gasteiger partial charge is 0.462 e. The van der Waals surface area contributed by atoms with Gasteiger partial charge < -0.3 is 4.74 Å². The van der Waals surface area contributed by atoms with Crippen molar-refractivity contribution in [3.05, 3.63) is 47.2 Å². The molecule has 0 bridgehead atoms. The standard InChI is InChI=1S/C16H14N2O2S2/c1-3-20-16(19)14-10(2)18-15(22-14)13-5-4-12(21-13)11-6-8-17-9-7-11/h4-9H,3H2,1-2H3. The van der Waals surface area contributed by atoms with Crippen molar-refractivity contribution in [1.82, 2.24) is 9.97 Å². The third kappa shape index (κ3) is 2.93. The summed E-state index contributed by atoms with van der Waals surface area (Å²) in [4.78, 5) is 23.2. The molecule has 0 aromatic carbocycles. The number of aromatic nitrogens is 2. The lowest BCUT2D eigenvalue weighted by Gasteiger charge is -1.97.